The number of rotatable bonds is 4. The maximum absolute atomic E-state index is 12.2. The Hall–Kier alpha value is -1.24. The molecule has 96 valence electrons. The first kappa shape index (κ1) is 14.8. The van der Waals surface area contributed by atoms with Gasteiger partial charge in [0.05, 0.1) is 12.0 Å². The molecule has 0 bridgehead atoms. The molecule has 0 spiro atoms. The fourth-order valence-electron chi connectivity index (χ4n) is 1.59. The Morgan fingerprint density at radius 3 is 2.39 bits per heavy atom. The highest BCUT2D eigenvalue weighted by Crippen LogP contribution is 2.20. The van der Waals surface area contributed by atoms with Gasteiger partial charge in [-0.1, -0.05) is 23.2 Å². The first-order valence-corrected chi connectivity index (χ1v) is 6.38. The third kappa shape index (κ3) is 3.90. The van der Waals surface area contributed by atoms with Crippen molar-refractivity contribution in [2.75, 3.05) is 13.1 Å². The van der Waals surface area contributed by atoms with Crippen LogP contribution in [0.1, 0.15) is 24.2 Å². The van der Waals surface area contributed by atoms with Crippen LogP contribution in [0.4, 0.5) is 0 Å². The summed E-state index contributed by atoms with van der Waals surface area (Å²) in [5.41, 5.74) is 0.444. The summed E-state index contributed by atoms with van der Waals surface area (Å²) in [7, 11) is 0. The Bertz CT molecular complexity index is 462. The van der Waals surface area contributed by atoms with E-state index in [-0.39, 0.29) is 11.8 Å². The van der Waals surface area contributed by atoms with E-state index in [2.05, 4.69) is 6.07 Å². The molecule has 1 atom stereocenters. The van der Waals surface area contributed by atoms with Crippen LogP contribution in [0.15, 0.2) is 18.2 Å². The molecule has 1 unspecified atom stereocenters. The fraction of sp³-hybridized carbons (Fsp3) is 0.385. The number of carbonyl (C=O) groups excluding carboxylic acids is 1. The van der Waals surface area contributed by atoms with E-state index in [0.29, 0.717) is 28.7 Å². The highest BCUT2D eigenvalue weighted by molar-refractivity contribution is 6.35. The average molecular weight is 285 g/mol. The summed E-state index contributed by atoms with van der Waals surface area (Å²) >= 11 is 11.7. The van der Waals surface area contributed by atoms with Crippen LogP contribution in [-0.2, 0) is 0 Å². The van der Waals surface area contributed by atoms with Crippen molar-refractivity contribution in [2.45, 2.75) is 13.8 Å². The third-order valence-electron chi connectivity index (χ3n) is 2.49. The minimum Gasteiger partial charge on any atom is -0.338 e. The van der Waals surface area contributed by atoms with Gasteiger partial charge in [0.15, 0.2) is 0 Å². The molecule has 0 aromatic heterocycles. The van der Waals surface area contributed by atoms with E-state index in [4.69, 9.17) is 28.5 Å². The SMILES string of the molecule is CCN(CC(C)C#N)C(=O)c1cc(Cl)cc(Cl)c1. The maximum atomic E-state index is 12.2. The lowest BCUT2D eigenvalue weighted by Gasteiger charge is -2.22. The Kier molecular flexibility index (Phi) is 5.46. The van der Waals surface area contributed by atoms with Crippen molar-refractivity contribution in [2.24, 2.45) is 5.92 Å². The van der Waals surface area contributed by atoms with Crippen LogP contribution in [0.25, 0.3) is 0 Å². The van der Waals surface area contributed by atoms with Crippen LogP contribution in [-0.4, -0.2) is 23.9 Å². The Morgan fingerprint density at radius 2 is 1.94 bits per heavy atom. The number of halogens is 2. The summed E-state index contributed by atoms with van der Waals surface area (Å²) in [5.74, 6) is -0.368. The number of amides is 1. The Labute approximate surface area is 117 Å². The molecule has 0 aliphatic rings. The second-order valence-corrected chi connectivity index (χ2v) is 4.90. The zero-order valence-corrected chi connectivity index (χ0v) is 11.8. The predicted octanol–water partition coefficient (Wildman–Crippen LogP) is 3.62. The molecule has 1 aromatic rings. The number of nitrogens with zero attached hydrogens (tertiary/aromatic N) is 2. The molecule has 3 nitrogen and oxygen atoms in total. The number of carbonyl (C=O) groups is 1. The van der Waals surface area contributed by atoms with Gasteiger partial charge in [-0.3, -0.25) is 4.79 Å². The second-order valence-electron chi connectivity index (χ2n) is 4.03. The lowest BCUT2D eigenvalue weighted by Crippen LogP contribution is -2.34. The molecule has 0 aliphatic heterocycles. The van der Waals surface area contributed by atoms with Gasteiger partial charge in [-0.25, -0.2) is 0 Å². The van der Waals surface area contributed by atoms with Crippen molar-refractivity contribution in [3.8, 4) is 6.07 Å². The van der Waals surface area contributed by atoms with Gasteiger partial charge in [-0.15, -0.1) is 0 Å². The van der Waals surface area contributed by atoms with Gasteiger partial charge < -0.3 is 4.90 Å². The molecule has 18 heavy (non-hydrogen) atoms. The summed E-state index contributed by atoms with van der Waals surface area (Å²) in [6, 6.07) is 6.85. The standard InChI is InChI=1S/C13H14Cl2N2O/c1-3-17(8-9(2)7-16)13(18)10-4-11(14)6-12(15)5-10/h4-6,9H,3,8H2,1-2H3. The van der Waals surface area contributed by atoms with E-state index in [1.807, 2.05) is 6.92 Å². The zero-order chi connectivity index (χ0) is 13.7. The van der Waals surface area contributed by atoms with Gasteiger partial charge in [0.1, 0.15) is 0 Å². The number of hydrogen-bond donors (Lipinski definition) is 0. The lowest BCUT2D eigenvalue weighted by atomic mass is 10.1. The summed E-state index contributed by atoms with van der Waals surface area (Å²) in [6.45, 7) is 4.58. The summed E-state index contributed by atoms with van der Waals surface area (Å²) in [5, 5.41) is 9.64. The van der Waals surface area contributed by atoms with Crippen LogP contribution < -0.4 is 0 Å². The van der Waals surface area contributed by atoms with Gasteiger partial charge in [-0.2, -0.15) is 5.26 Å². The monoisotopic (exact) mass is 284 g/mol. The van der Waals surface area contributed by atoms with E-state index in [9.17, 15) is 4.79 Å². The van der Waals surface area contributed by atoms with Crippen molar-refractivity contribution in [3.05, 3.63) is 33.8 Å². The normalized spacial score (nSPS) is 11.7. The molecule has 0 saturated heterocycles. The lowest BCUT2D eigenvalue weighted by molar-refractivity contribution is 0.0752. The third-order valence-corrected chi connectivity index (χ3v) is 2.93. The number of benzene rings is 1. The van der Waals surface area contributed by atoms with Gasteiger partial charge in [0.2, 0.25) is 0 Å². The molecule has 1 rings (SSSR count). The topological polar surface area (TPSA) is 44.1 Å². The number of hydrogen-bond acceptors (Lipinski definition) is 2. The summed E-state index contributed by atoms with van der Waals surface area (Å²) in [6.07, 6.45) is 0. The average Bonchev–Trinajstić information content (AvgIpc) is 2.33. The van der Waals surface area contributed by atoms with Gasteiger partial charge in [0.25, 0.3) is 5.91 Å². The smallest absolute Gasteiger partial charge is 0.253 e. The van der Waals surface area contributed by atoms with Gasteiger partial charge in [-0.05, 0) is 32.0 Å². The number of nitriles is 1. The summed E-state index contributed by atoms with van der Waals surface area (Å²) < 4.78 is 0. The van der Waals surface area contributed by atoms with Gasteiger partial charge >= 0.3 is 0 Å². The zero-order valence-electron chi connectivity index (χ0n) is 10.3. The Morgan fingerprint density at radius 1 is 1.39 bits per heavy atom. The largest absolute Gasteiger partial charge is 0.338 e. The molecule has 0 aliphatic carbocycles. The minimum absolute atomic E-state index is 0.163. The Balaban J connectivity index is 2.93. The predicted molar refractivity (Wildman–Crippen MR) is 72.8 cm³/mol. The van der Waals surface area contributed by atoms with Crippen LogP contribution in [0, 0.1) is 17.2 Å². The molecule has 1 amide bonds. The highest BCUT2D eigenvalue weighted by Gasteiger charge is 2.17. The molecular formula is C13H14Cl2N2O. The van der Waals surface area contributed by atoms with Crippen LogP contribution in [0.3, 0.4) is 0 Å². The van der Waals surface area contributed by atoms with E-state index >= 15 is 0 Å². The molecule has 0 saturated carbocycles. The second kappa shape index (κ2) is 6.63. The molecule has 0 radical (unpaired) electrons. The van der Waals surface area contributed by atoms with Crippen molar-refractivity contribution < 1.29 is 4.79 Å². The molecule has 1 aromatic carbocycles. The first-order chi connectivity index (χ1) is 8.47. The highest BCUT2D eigenvalue weighted by atomic mass is 35.5. The molecule has 0 heterocycles. The van der Waals surface area contributed by atoms with E-state index < -0.39 is 0 Å². The summed E-state index contributed by atoms with van der Waals surface area (Å²) in [4.78, 5) is 13.8. The molecule has 0 N–H and O–H groups in total. The van der Waals surface area contributed by atoms with Crippen molar-refractivity contribution in [1.82, 2.24) is 4.90 Å². The van der Waals surface area contributed by atoms with Crippen LogP contribution in [0.5, 0.6) is 0 Å². The van der Waals surface area contributed by atoms with Crippen LogP contribution >= 0.6 is 23.2 Å². The van der Waals surface area contributed by atoms with Crippen molar-refractivity contribution in [1.29, 1.82) is 5.26 Å². The van der Waals surface area contributed by atoms with E-state index in [1.165, 1.54) is 0 Å². The van der Waals surface area contributed by atoms with Gasteiger partial charge in [0, 0.05) is 28.7 Å². The quantitative estimate of drug-likeness (QED) is 0.848. The molecule has 5 heteroatoms. The van der Waals surface area contributed by atoms with Crippen LogP contribution in [0.2, 0.25) is 10.0 Å². The first-order valence-electron chi connectivity index (χ1n) is 5.63. The maximum Gasteiger partial charge on any atom is 0.253 e. The minimum atomic E-state index is -0.205. The molecule has 0 fully saturated rings. The fourth-order valence-corrected chi connectivity index (χ4v) is 2.11. The van der Waals surface area contributed by atoms with Crippen molar-refractivity contribution in [3.63, 3.8) is 0 Å². The van der Waals surface area contributed by atoms with E-state index in [0.717, 1.165) is 0 Å². The molecular weight excluding hydrogens is 271 g/mol. The van der Waals surface area contributed by atoms with E-state index in [1.54, 1.807) is 30.0 Å². The van der Waals surface area contributed by atoms with Crippen molar-refractivity contribution >= 4 is 29.1 Å².